The van der Waals surface area contributed by atoms with Crippen LogP contribution >= 0.6 is 0 Å². The summed E-state index contributed by atoms with van der Waals surface area (Å²) in [4.78, 5) is 29.0. The van der Waals surface area contributed by atoms with Crippen molar-refractivity contribution in [3.63, 3.8) is 0 Å². The topological polar surface area (TPSA) is 55.2 Å². The van der Waals surface area contributed by atoms with Gasteiger partial charge in [-0.2, -0.15) is 0 Å². The Kier molecular flexibility index (Phi) is 4.07. The van der Waals surface area contributed by atoms with Crippen LogP contribution < -0.4 is 10.6 Å². The van der Waals surface area contributed by atoms with E-state index in [1.807, 2.05) is 37.3 Å². The number of likely N-dealkylation sites (N-methyl/N-ethyl adjacent to an activating group) is 1. The predicted molar refractivity (Wildman–Crippen MR) is 73.0 cm³/mol. The first kappa shape index (κ1) is 13.0. The van der Waals surface area contributed by atoms with E-state index in [0.29, 0.717) is 6.54 Å². The highest BCUT2D eigenvalue weighted by molar-refractivity contribution is 5.93. The van der Waals surface area contributed by atoms with E-state index in [4.69, 9.17) is 0 Å². The lowest BCUT2D eigenvalue weighted by atomic mass is 10.3. The summed E-state index contributed by atoms with van der Waals surface area (Å²) < 4.78 is 1.30. The number of rotatable bonds is 4. The van der Waals surface area contributed by atoms with Gasteiger partial charge in [0.1, 0.15) is 6.54 Å². The van der Waals surface area contributed by atoms with Crippen LogP contribution in [-0.4, -0.2) is 22.0 Å². The minimum absolute atomic E-state index is 0.00456. The predicted octanol–water partition coefficient (Wildman–Crippen LogP) is 1.30. The van der Waals surface area contributed by atoms with Crippen LogP contribution in [0.15, 0.2) is 53.6 Å². The third-order valence-corrected chi connectivity index (χ3v) is 2.77. The molecule has 5 heteroatoms. The first-order chi connectivity index (χ1) is 9.22. The van der Waals surface area contributed by atoms with Crippen LogP contribution in [0.3, 0.4) is 0 Å². The van der Waals surface area contributed by atoms with Crippen LogP contribution in [0.4, 0.5) is 5.69 Å². The average molecular weight is 257 g/mol. The Balaban J connectivity index is 2.19. The second-order valence-corrected chi connectivity index (χ2v) is 4.00. The third kappa shape index (κ3) is 3.07. The van der Waals surface area contributed by atoms with Crippen molar-refractivity contribution in [2.24, 2.45) is 0 Å². The number of hydrogen-bond donors (Lipinski definition) is 0. The summed E-state index contributed by atoms with van der Waals surface area (Å²) in [5.74, 6) is -0.135. The minimum Gasteiger partial charge on any atom is -0.311 e. The van der Waals surface area contributed by atoms with E-state index in [-0.39, 0.29) is 12.5 Å². The molecule has 19 heavy (non-hydrogen) atoms. The van der Waals surface area contributed by atoms with Gasteiger partial charge in [-0.3, -0.25) is 9.36 Å². The highest BCUT2D eigenvalue weighted by Crippen LogP contribution is 2.13. The standard InChI is InChI=1S/C14H15N3O2/c1-2-17(12-7-4-3-5-8-12)13(18)11-16-10-6-9-15-14(16)19/h3-10H,2,11H2,1H3. The maximum absolute atomic E-state index is 12.2. The van der Waals surface area contributed by atoms with Crippen molar-refractivity contribution in [1.29, 1.82) is 0 Å². The molecule has 0 N–H and O–H groups in total. The molecule has 0 spiro atoms. The van der Waals surface area contributed by atoms with Gasteiger partial charge in [0.15, 0.2) is 0 Å². The first-order valence-electron chi connectivity index (χ1n) is 6.09. The van der Waals surface area contributed by atoms with Crippen LogP contribution in [0.25, 0.3) is 0 Å². The summed E-state index contributed by atoms with van der Waals surface area (Å²) in [7, 11) is 0. The Morgan fingerprint density at radius 3 is 2.63 bits per heavy atom. The molecule has 0 bridgehead atoms. The molecular formula is C14H15N3O2. The van der Waals surface area contributed by atoms with E-state index in [0.717, 1.165) is 5.69 Å². The van der Waals surface area contributed by atoms with Gasteiger partial charge < -0.3 is 4.90 Å². The molecule has 0 fully saturated rings. The molecule has 1 aromatic heterocycles. The van der Waals surface area contributed by atoms with Crippen molar-refractivity contribution < 1.29 is 4.79 Å². The molecule has 0 radical (unpaired) electrons. The molecule has 0 saturated heterocycles. The summed E-state index contributed by atoms with van der Waals surface area (Å²) in [5, 5.41) is 0. The van der Waals surface area contributed by atoms with Gasteiger partial charge in [-0.15, -0.1) is 0 Å². The summed E-state index contributed by atoms with van der Waals surface area (Å²) >= 11 is 0. The van der Waals surface area contributed by atoms with Gasteiger partial charge in [0.25, 0.3) is 0 Å². The van der Waals surface area contributed by atoms with Crippen LogP contribution in [0.1, 0.15) is 6.92 Å². The SMILES string of the molecule is CCN(C(=O)Cn1cccnc1=O)c1ccccc1. The number of hydrogen-bond acceptors (Lipinski definition) is 3. The number of carbonyl (C=O) groups excluding carboxylic acids is 1. The second kappa shape index (κ2) is 5.95. The van der Waals surface area contributed by atoms with Crippen LogP contribution in [0, 0.1) is 0 Å². The smallest absolute Gasteiger partial charge is 0.311 e. The molecule has 0 unspecified atom stereocenters. The zero-order valence-electron chi connectivity index (χ0n) is 10.7. The molecule has 0 aliphatic rings. The number of benzene rings is 1. The van der Waals surface area contributed by atoms with Crippen molar-refractivity contribution in [1.82, 2.24) is 9.55 Å². The highest BCUT2D eigenvalue weighted by atomic mass is 16.2. The fourth-order valence-corrected chi connectivity index (χ4v) is 1.85. The van der Waals surface area contributed by atoms with Crippen molar-refractivity contribution in [3.8, 4) is 0 Å². The van der Waals surface area contributed by atoms with E-state index < -0.39 is 5.69 Å². The lowest BCUT2D eigenvalue weighted by Gasteiger charge is -2.21. The third-order valence-electron chi connectivity index (χ3n) is 2.77. The molecule has 98 valence electrons. The maximum Gasteiger partial charge on any atom is 0.347 e. The average Bonchev–Trinajstić information content (AvgIpc) is 2.43. The molecule has 0 atom stereocenters. The van der Waals surface area contributed by atoms with Gasteiger partial charge in [-0.1, -0.05) is 18.2 Å². The molecule has 0 saturated carbocycles. The lowest BCUT2D eigenvalue weighted by molar-refractivity contribution is -0.119. The molecular weight excluding hydrogens is 242 g/mol. The van der Waals surface area contributed by atoms with E-state index in [1.165, 1.54) is 10.8 Å². The van der Waals surface area contributed by atoms with E-state index >= 15 is 0 Å². The maximum atomic E-state index is 12.2. The van der Waals surface area contributed by atoms with Crippen LogP contribution in [0.5, 0.6) is 0 Å². The number of anilines is 1. The summed E-state index contributed by atoms with van der Waals surface area (Å²) in [6.07, 6.45) is 2.98. The van der Waals surface area contributed by atoms with E-state index in [9.17, 15) is 9.59 Å². The molecule has 0 aliphatic heterocycles. The highest BCUT2D eigenvalue weighted by Gasteiger charge is 2.14. The number of aromatic nitrogens is 2. The molecule has 1 aromatic carbocycles. The fourth-order valence-electron chi connectivity index (χ4n) is 1.85. The summed E-state index contributed by atoms with van der Waals surface area (Å²) in [6, 6.07) is 11.0. The Morgan fingerprint density at radius 2 is 2.00 bits per heavy atom. The zero-order valence-corrected chi connectivity index (χ0v) is 10.7. The Hall–Kier alpha value is -2.43. The summed E-state index contributed by atoms with van der Waals surface area (Å²) in [5.41, 5.74) is 0.409. The van der Waals surface area contributed by atoms with Gasteiger partial charge in [0.2, 0.25) is 5.91 Å². The van der Waals surface area contributed by atoms with Crippen molar-refractivity contribution >= 4 is 11.6 Å². The van der Waals surface area contributed by atoms with Crippen LogP contribution in [-0.2, 0) is 11.3 Å². The molecule has 2 aromatic rings. The largest absolute Gasteiger partial charge is 0.347 e. The Morgan fingerprint density at radius 1 is 1.26 bits per heavy atom. The number of amides is 1. The molecule has 2 rings (SSSR count). The number of para-hydroxylation sites is 1. The lowest BCUT2D eigenvalue weighted by Crippen LogP contribution is -2.36. The minimum atomic E-state index is -0.417. The van der Waals surface area contributed by atoms with Crippen molar-refractivity contribution in [3.05, 3.63) is 59.3 Å². The molecule has 0 aliphatic carbocycles. The number of nitrogens with zero attached hydrogens (tertiary/aromatic N) is 3. The van der Waals surface area contributed by atoms with Gasteiger partial charge in [0.05, 0.1) is 0 Å². The van der Waals surface area contributed by atoms with Gasteiger partial charge in [-0.25, -0.2) is 9.78 Å². The van der Waals surface area contributed by atoms with Crippen molar-refractivity contribution in [2.45, 2.75) is 13.5 Å². The Labute approximate surface area is 111 Å². The quantitative estimate of drug-likeness (QED) is 0.829. The van der Waals surface area contributed by atoms with E-state index in [1.54, 1.807) is 17.2 Å². The first-order valence-corrected chi connectivity index (χ1v) is 6.09. The van der Waals surface area contributed by atoms with Gasteiger partial charge in [-0.05, 0) is 25.1 Å². The summed E-state index contributed by atoms with van der Waals surface area (Å²) in [6.45, 7) is 2.45. The van der Waals surface area contributed by atoms with Gasteiger partial charge in [0, 0.05) is 24.6 Å². The van der Waals surface area contributed by atoms with Crippen LogP contribution in [0.2, 0.25) is 0 Å². The monoisotopic (exact) mass is 257 g/mol. The molecule has 5 nitrogen and oxygen atoms in total. The zero-order chi connectivity index (χ0) is 13.7. The van der Waals surface area contributed by atoms with Crippen molar-refractivity contribution in [2.75, 3.05) is 11.4 Å². The molecule has 1 heterocycles. The second-order valence-electron chi connectivity index (χ2n) is 4.00. The number of carbonyl (C=O) groups is 1. The van der Waals surface area contributed by atoms with Gasteiger partial charge >= 0.3 is 5.69 Å². The van der Waals surface area contributed by atoms with E-state index in [2.05, 4.69) is 4.98 Å². The normalized spacial score (nSPS) is 10.2. The Bertz CT molecular complexity index is 607. The molecule has 1 amide bonds. The fraction of sp³-hybridized carbons (Fsp3) is 0.214.